The summed E-state index contributed by atoms with van der Waals surface area (Å²) in [6, 6.07) is 0.255. The van der Waals surface area contributed by atoms with Gasteiger partial charge in [0.25, 0.3) is 0 Å². The molecule has 1 amide bonds. The zero-order valence-corrected chi connectivity index (χ0v) is 13.7. The predicted molar refractivity (Wildman–Crippen MR) is 81.2 cm³/mol. The maximum absolute atomic E-state index is 12.6. The van der Waals surface area contributed by atoms with Crippen LogP contribution in [0.1, 0.15) is 73.6 Å². The molecule has 3 heteroatoms. The topological polar surface area (TPSA) is 32.3 Å². The van der Waals surface area contributed by atoms with Crippen molar-refractivity contribution in [2.45, 2.75) is 90.8 Å². The highest BCUT2D eigenvalue weighted by atomic mass is 16.2. The fourth-order valence-electron chi connectivity index (χ4n) is 3.08. The number of hydrogen-bond donors (Lipinski definition) is 1. The molecule has 3 atom stereocenters. The molecular weight excluding hydrogens is 236 g/mol. The molecule has 1 fully saturated rings. The molecule has 112 valence electrons. The van der Waals surface area contributed by atoms with Crippen LogP contribution >= 0.6 is 0 Å². The molecule has 1 aliphatic heterocycles. The Kier molecular flexibility index (Phi) is 5.43. The van der Waals surface area contributed by atoms with Gasteiger partial charge in [-0.3, -0.25) is 4.79 Å². The van der Waals surface area contributed by atoms with E-state index >= 15 is 0 Å². The van der Waals surface area contributed by atoms with Crippen molar-refractivity contribution in [1.29, 1.82) is 0 Å². The van der Waals surface area contributed by atoms with Crippen LogP contribution in [-0.4, -0.2) is 34.5 Å². The van der Waals surface area contributed by atoms with Gasteiger partial charge in [-0.1, -0.05) is 27.2 Å². The van der Waals surface area contributed by atoms with Gasteiger partial charge in [-0.25, -0.2) is 0 Å². The number of amides is 1. The lowest BCUT2D eigenvalue weighted by molar-refractivity contribution is -0.134. The number of hydrogen-bond acceptors (Lipinski definition) is 2. The second kappa shape index (κ2) is 6.25. The van der Waals surface area contributed by atoms with E-state index in [-0.39, 0.29) is 17.1 Å². The Hall–Kier alpha value is -0.570. The third kappa shape index (κ3) is 3.50. The molecule has 0 bridgehead atoms. The van der Waals surface area contributed by atoms with Gasteiger partial charge in [0, 0.05) is 30.1 Å². The van der Waals surface area contributed by atoms with E-state index in [9.17, 15) is 4.79 Å². The van der Waals surface area contributed by atoms with Crippen molar-refractivity contribution >= 4 is 5.91 Å². The Morgan fingerprint density at radius 1 is 1.26 bits per heavy atom. The zero-order valence-electron chi connectivity index (χ0n) is 13.7. The van der Waals surface area contributed by atoms with E-state index < -0.39 is 0 Å². The minimum Gasteiger partial charge on any atom is -0.338 e. The fourth-order valence-corrected chi connectivity index (χ4v) is 3.08. The molecule has 0 aliphatic carbocycles. The lowest BCUT2D eigenvalue weighted by Crippen LogP contribution is -2.60. The van der Waals surface area contributed by atoms with Gasteiger partial charge >= 0.3 is 0 Å². The van der Waals surface area contributed by atoms with Crippen molar-refractivity contribution in [3.63, 3.8) is 0 Å². The Morgan fingerprint density at radius 3 is 2.37 bits per heavy atom. The summed E-state index contributed by atoms with van der Waals surface area (Å²) in [7, 11) is 0. The lowest BCUT2D eigenvalue weighted by Gasteiger charge is -2.43. The van der Waals surface area contributed by atoms with Crippen molar-refractivity contribution in [1.82, 2.24) is 10.2 Å². The van der Waals surface area contributed by atoms with Crippen molar-refractivity contribution in [2.75, 3.05) is 6.54 Å². The van der Waals surface area contributed by atoms with Crippen LogP contribution in [0.5, 0.6) is 0 Å². The van der Waals surface area contributed by atoms with Crippen LogP contribution in [-0.2, 0) is 4.79 Å². The average molecular weight is 268 g/mol. The molecule has 3 nitrogen and oxygen atoms in total. The largest absolute Gasteiger partial charge is 0.338 e. The predicted octanol–water partition coefficient (Wildman–Crippen LogP) is 3.33. The normalized spacial score (nSPS) is 36.4. The molecule has 0 saturated carbocycles. The Bertz CT molecular complexity index is 318. The standard InChI is InChI=1S/C16H32N2O/c1-7-10-11-18-13(4)16(6,9-3)17-15(5,8-2)12-14(18)19/h13,17H,7-12H2,1-6H3. The molecule has 19 heavy (non-hydrogen) atoms. The average Bonchev–Trinajstić information content (AvgIpc) is 2.44. The van der Waals surface area contributed by atoms with Crippen molar-refractivity contribution in [3.8, 4) is 0 Å². The monoisotopic (exact) mass is 268 g/mol. The quantitative estimate of drug-likeness (QED) is 0.829. The summed E-state index contributed by atoms with van der Waals surface area (Å²) in [6.07, 6.45) is 4.88. The van der Waals surface area contributed by atoms with Crippen LogP contribution in [0.2, 0.25) is 0 Å². The number of unbranched alkanes of at least 4 members (excludes halogenated alkanes) is 1. The van der Waals surface area contributed by atoms with Crippen LogP contribution in [0.3, 0.4) is 0 Å². The zero-order chi connectivity index (χ0) is 14.7. The minimum atomic E-state index is -0.0724. The highest BCUT2D eigenvalue weighted by Crippen LogP contribution is 2.31. The van der Waals surface area contributed by atoms with Crippen LogP contribution in [0.15, 0.2) is 0 Å². The molecule has 1 rings (SSSR count). The smallest absolute Gasteiger partial charge is 0.224 e. The summed E-state index contributed by atoms with van der Waals surface area (Å²) < 4.78 is 0. The molecule has 3 unspecified atom stereocenters. The van der Waals surface area contributed by atoms with E-state index in [0.717, 1.165) is 32.2 Å². The van der Waals surface area contributed by atoms with E-state index in [4.69, 9.17) is 0 Å². The first-order valence-corrected chi connectivity index (χ1v) is 7.90. The number of carbonyl (C=O) groups is 1. The molecule has 1 heterocycles. The van der Waals surface area contributed by atoms with Gasteiger partial charge in [-0.2, -0.15) is 0 Å². The molecule has 0 aromatic heterocycles. The minimum absolute atomic E-state index is 0.00462. The number of nitrogens with zero attached hydrogens (tertiary/aromatic N) is 1. The van der Waals surface area contributed by atoms with Gasteiger partial charge in [-0.05, 0) is 40.0 Å². The summed E-state index contributed by atoms with van der Waals surface area (Å²) in [6.45, 7) is 14.1. The summed E-state index contributed by atoms with van der Waals surface area (Å²) in [5.74, 6) is 0.315. The Morgan fingerprint density at radius 2 is 1.89 bits per heavy atom. The van der Waals surface area contributed by atoms with Crippen LogP contribution in [0, 0.1) is 0 Å². The summed E-state index contributed by atoms with van der Waals surface area (Å²) >= 11 is 0. The third-order valence-corrected chi connectivity index (χ3v) is 5.11. The van der Waals surface area contributed by atoms with Gasteiger partial charge in [-0.15, -0.1) is 0 Å². The molecule has 1 aliphatic rings. The Labute approximate surface area is 119 Å². The highest BCUT2D eigenvalue weighted by molar-refractivity contribution is 5.78. The SMILES string of the molecule is CCCCN1C(=O)CC(C)(CC)NC(C)(CC)C1C. The molecule has 1 saturated heterocycles. The maximum atomic E-state index is 12.6. The van der Waals surface area contributed by atoms with Crippen LogP contribution in [0.25, 0.3) is 0 Å². The van der Waals surface area contributed by atoms with Crippen molar-refractivity contribution in [3.05, 3.63) is 0 Å². The summed E-state index contributed by atoms with van der Waals surface area (Å²) in [5.41, 5.74) is -0.0677. The van der Waals surface area contributed by atoms with E-state index in [2.05, 4.69) is 51.8 Å². The first-order chi connectivity index (χ1) is 8.82. The molecular formula is C16H32N2O. The van der Waals surface area contributed by atoms with Crippen LogP contribution in [0.4, 0.5) is 0 Å². The van der Waals surface area contributed by atoms with E-state index in [1.807, 2.05) is 0 Å². The lowest BCUT2D eigenvalue weighted by atomic mass is 9.85. The molecule has 0 radical (unpaired) electrons. The number of rotatable bonds is 5. The van der Waals surface area contributed by atoms with Gasteiger partial charge < -0.3 is 10.2 Å². The molecule has 0 aromatic rings. The van der Waals surface area contributed by atoms with Gasteiger partial charge in [0.15, 0.2) is 0 Å². The number of nitrogens with one attached hydrogen (secondary N) is 1. The van der Waals surface area contributed by atoms with E-state index in [0.29, 0.717) is 12.3 Å². The molecule has 0 spiro atoms. The molecule has 0 aromatic carbocycles. The maximum Gasteiger partial charge on any atom is 0.224 e. The van der Waals surface area contributed by atoms with E-state index in [1.54, 1.807) is 0 Å². The van der Waals surface area contributed by atoms with Crippen molar-refractivity contribution < 1.29 is 4.79 Å². The molecule has 1 N–H and O–H groups in total. The van der Waals surface area contributed by atoms with Crippen molar-refractivity contribution in [2.24, 2.45) is 0 Å². The van der Waals surface area contributed by atoms with Crippen LogP contribution < -0.4 is 5.32 Å². The Balaban J connectivity index is 3.05. The van der Waals surface area contributed by atoms with Gasteiger partial charge in [0.2, 0.25) is 5.91 Å². The van der Waals surface area contributed by atoms with Gasteiger partial charge in [0.1, 0.15) is 0 Å². The first kappa shape index (κ1) is 16.5. The van der Waals surface area contributed by atoms with Gasteiger partial charge in [0.05, 0.1) is 0 Å². The number of carbonyl (C=O) groups excluding carboxylic acids is 1. The van der Waals surface area contributed by atoms with E-state index in [1.165, 1.54) is 0 Å². The summed E-state index contributed by atoms with van der Waals surface area (Å²) in [4.78, 5) is 14.7. The summed E-state index contributed by atoms with van der Waals surface area (Å²) in [5, 5.41) is 3.79. The third-order valence-electron chi connectivity index (χ3n) is 5.11. The highest BCUT2D eigenvalue weighted by Gasteiger charge is 2.44. The second-order valence-corrected chi connectivity index (χ2v) is 6.60. The first-order valence-electron chi connectivity index (χ1n) is 7.90. The fraction of sp³-hybridized carbons (Fsp3) is 0.938. The second-order valence-electron chi connectivity index (χ2n) is 6.60.